The highest BCUT2D eigenvalue weighted by Crippen LogP contribution is 2.48. The molecular formula is C29H32O2. The van der Waals surface area contributed by atoms with E-state index in [0.29, 0.717) is 0 Å². The second kappa shape index (κ2) is 6.38. The molecule has 2 heteroatoms. The number of ether oxygens (including phenoxy) is 2. The van der Waals surface area contributed by atoms with Crippen molar-refractivity contribution in [1.82, 2.24) is 0 Å². The van der Waals surface area contributed by atoms with Gasteiger partial charge in [-0.2, -0.15) is 0 Å². The zero-order chi connectivity index (χ0) is 22.3. The molecule has 0 saturated heterocycles. The molecule has 1 aliphatic rings. The van der Waals surface area contributed by atoms with Gasteiger partial charge in [-0.15, -0.1) is 0 Å². The van der Waals surface area contributed by atoms with Gasteiger partial charge < -0.3 is 9.47 Å². The third-order valence-electron chi connectivity index (χ3n) is 6.91. The fourth-order valence-electron chi connectivity index (χ4n) is 5.09. The van der Waals surface area contributed by atoms with Crippen LogP contribution in [0.1, 0.15) is 63.8 Å². The van der Waals surface area contributed by atoms with Crippen molar-refractivity contribution in [2.75, 3.05) is 14.2 Å². The maximum atomic E-state index is 5.70. The summed E-state index contributed by atoms with van der Waals surface area (Å²) in [6.45, 7) is 13.8. The lowest BCUT2D eigenvalue weighted by Gasteiger charge is -2.23. The lowest BCUT2D eigenvalue weighted by Crippen LogP contribution is -2.11. The lowest BCUT2D eigenvalue weighted by atomic mass is 9.82. The summed E-state index contributed by atoms with van der Waals surface area (Å²) < 4.78 is 11.4. The van der Waals surface area contributed by atoms with Crippen LogP contribution in [0.4, 0.5) is 0 Å². The molecule has 0 N–H and O–H groups in total. The maximum Gasteiger partial charge on any atom is 0.161 e. The van der Waals surface area contributed by atoms with Crippen molar-refractivity contribution >= 4 is 32.3 Å². The Hall–Kier alpha value is -2.74. The first-order chi connectivity index (χ1) is 14.5. The normalized spacial score (nSPS) is 13.7. The molecule has 31 heavy (non-hydrogen) atoms. The van der Waals surface area contributed by atoms with Gasteiger partial charge in [0.1, 0.15) is 0 Å². The molecular weight excluding hydrogens is 380 g/mol. The van der Waals surface area contributed by atoms with Gasteiger partial charge in [0, 0.05) is 0 Å². The minimum atomic E-state index is 0.0911. The smallest absolute Gasteiger partial charge is 0.161 e. The number of hydrogen-bond acceptors (Lipinski definition) is 2. The van der Waals surface area contributed by atoms with Crippen LogP contribution in [-0.2, 0) is 17.3 Å². The van der Waals surface area contributed by atoms with E-state index >= 15 is 0 Å². The molecule has 0 heterocycles. The fourth-order valence-corrected chi connectivity index (χ4v) is 5.09. The highest BCUT2D eigenvalue weighted by Gasteiger charge is 2.27. The molecule has 0 amide bonds. The SMILES string of the molecule is COc1cc2c(cc1OC)c1cc(C(C)(C)C)cc3c1c1c(cc(C(C)(C)C)cc21)C3. The van der Waals surface area contributed by atoms with Crippen LogP contribution in [-0.4, -0.2) is 14.2 Å². The van der Waals surface area contributed by atoms with Crippen LogP contribution in [0, 0.1) is 0 Å². The summed E-state index contributed by atoms with van der Waals surface area (Å²) in [5.74, 6) is 1.56. The number of methoxy groups -OCH3 is 2. The minimum Gasteiger partial charge on any atom is -0.493 e. The Bertz CT molecular complexity index is 1270. The van der Waals surface area contributed by atoms with Gasteiger partial charge in [-0.3, -0.25) is 0 Å². The van der Waals surface area contributed by atoms with Crippen LogP contribution in [0.25, 0.3) is 32.3 Å². The molecule has 5 rings (SSSR count). The van der Waals surface area contributed by atoms with Crippen molar-refractivity contribution in [3.05, 3.63) is 58.7 Å². The first-order valence-corrected chi connectivity index (χ1v) is 11.1. The van der Waals surface area contributed by atoms with Gasteiger partial charge in [0.05, 0.1) is 14.2 Å². The predicted octanol–water partition coefficient (Wildman–Crippen LogP) is 7.66. The summed E-state index contributed by atoms with van der Waals surface area (Å²) in [4.78, 5) is 0. The molecule has 0 bridgehead atoms. The molecule has 0 radical (unpaired) electrons. The molecule has 0 fully saturated rings. The largest absolute Gasteiger partial charge is 0.493 e. The second-order valence-corrected chi connectivity index (χ2v) is 11.0. The average Bonchev–Trinajstić information content (AvgIpc) is 3.08. The Labute approximate surface area is 185 Å². The minimum absolute atomic E-state index is 0.0911. The molecule has 4 aromatic carbocycles. The van der Waals surface area contributed by atoms with E-state index in [1.165, 1.54) is 54.6 Å². The molecule has 0 spiro atoms. The van der Waals surface area contributed by atoms with E-state index in [0.717, 1.165) is 17.9 Å². The Morgan fingerprint density at radius 1 is 0.548 bits per heavy atom. The third kappa shape index (κ3) is 2.91. The molecule has 1 aliphatic carbocycles. The summed E-state index contributed by atoms with van der Waals surface area (Å²) in [6.07, 6.45) is 1.00. The summed E-state index contributed by atoms with van der Waals surface area (Å²) >= 11 is 0. The van der Waals surface area contributed by atoms with E-state index in [-0.39, 0.29) is 10.8 Å². The zero-order valence-corrected chi connectivity index (χ0v) is 20.0. The quantitative estimate of drug-likeness (QED) is 0.277. The predicted molar refractivity (Wildman–Crippen MR) is 132 cm³/mol. The average molecular weight is 413 g/mol. The number of fused-ring (bicyclic) bond motifs is 3. The highest BCUT2D eigenvalue weighted by atomic mass is 16.5. The van der Waals surface area contributed by atoms with Gasteiger partial charge in [-0.05, 0) is 96.1 Å². The van der Waals surface area contributed by atoms with Crippen LogP contribution in [0.5, 0.6) is 11.5 Å². The molecule has 4 aromatic rings. The van der Waals surface area contributed by atoms with E-state index in [9.17, 15) is 0 Å². The molecule has 0 aliphatic heterocycles. The van der Waals surface area contributed by atoms with Gasteiger partial charge in [0.15, 0.2) is 11.5 Å². The van der Waals surface area contributed by atoms with E-state index in [1.807, 2.05) is 0 Å². The summed E-state index contributed by atoms with van der Waals surface area (Å²) in [6, 6.07) is 14.0. The van der Waals surface area contributed by atoms with Gasteiger partial charge in [-0.1, -0.05) is 53.7 Å². The van der Waals surface area contributed by atoms with Gasteiger partial charge in [0.25, 0.3) is 0 Å². The maximum absolute atomic E-state index is 5.70. The van der Waals surface area contributed by atoms with Gasteiger partial charge >= 0.3 is 0 Å². The van der Waals surface area contributed by atoms with Crippen molar-refractivity contribution in [2.24, 2.45) is 0 Å². The number of rotatable bonds is 2. The molecule has 0 atom stereocenters. The molecule has 0 saturated carbocycles. The molecule has 160 valence electrons. The zero-order valence-electron chi connectivity index (χ0n) is 20.0. The molecule has 2 nitrogen and oxygen atoms in total. The van der Waals surface area contributed by atoms with Crippen molar-refractivity contribution in [3.63, 3.8) is 0 Å². The van der Waals surface area contributed by atoms with Crippen LogP contribution in [0.15, 0.2) is 36.4 Å². The van der Waals surface area contributed by atoms with Crippen LogP contribution in [0.3, 0.4) is 0 Å². The highest BCUT2D eigenvalue weighted by molar-refractivity contribution is 6.29. The van der Waals surface area contributed by atoms with Gasteiger partial charge in [0.2, 0.25) is 0 Å². The number of hydrogen-bond donors (Lipinski definition) is 0. The summed E-state index contributed by atoms with van der Waals surface area (Å²) in [7, 11) is 3.43. The van der Waals surface area contributed by atoms with Crippen molar-refractivity contribution in [2.45, 2.75) is 58.8 Å². The molecule has 0 unspecified atom stereocenters. The van der Waals surface area contributed by atoms with Crippen molar-refractivity contribution < 1.29 is 9.47 Å². The first-order valence-electron chi connectivity index (χ1n) is 11.1. The van der Waals surface area contributed by atoms with Crippen molar-refractivity contribution in [3.8, 4) is 11.5 Å². The van der Waals surface area contributed by atoms with E-state index in [4.69, 9.17) is 9.47 Å². The number of benzene rings is 4. The second-order valence-electron chi connectivity index (χ2n) is 11.0. The Morgan fingerprint density at radius 2 is 0.935 bits per heavy atom. The third-order valence-corrected chi connectivity index (χ3v) is 6.91. The monoisotopic (exact) mass is 412 g/mol. The Morgan fingerprint density at radius 3 is 1.26 bits per heavy atom. The fraction of sp³-hybridized carbons (Fsp3) is 0.379. The standard InChI is InChI=1S/C29H32O2/c1-28(2,3)18-10-16-9-17-11-19(29(4,5)6)13-23-21-15-25(31-8)24(30-7)14-20(21)22(12-18)26(16)27(17)23/h10-15H,9H2,1-8H3. The van der Waals surface area contributed by atoms with Crippen molar-refractivity contribution in [1.29, 1.82) is 0 Å². The summed E-state index contributed by atoms with van der Waals surface area (Å²) in [5, 5.41) is 7.97. The topological polar surface area (TPSA) is 18.5 Å². The van der Waals surface area contributed by atoms with Crippen LogP contribution < -0.4 is 9.47 Å². The van der Waals surface area contributed by atoms with Crippen LogP contribution >= 0.6 is 0 Å². The van der Waals surface area contributed by atoms with Gasteiger partial charge in [-0.25, -0.2) is 0 Å². The van der Waals surface area contributed by atoms with Crippen LogP contribution in [0.2, 0.25) is 0 Å². The first kappa shape index (κ1) is 20.2. The van der Waals surface area contributed by atoms with E-state index in [2.05, 4.69) is 77.9 Å². The van der Waals surface area contributed by atoms with E-state index < -0.39 is 0 Å². The Kier molecular flexibility index (Phi) is 4.16. The summed E-state index contributed by atoms with van der Waals surface area (Å²) in [5.41, 5.74) is 5.85. The Balaban J connectivity index is 2.04. The molecule has 0 aromatic heterocycles. The van der Waals surface area contributed by atoms with E-state index in [1.54, 1.807) is 14.2 Å². The lowest BCUT2D eigenvalue weighted by molar-refractivity contribution is 0.356.